The van der Waals surface area contributed by atoms with Crippen LogP contribution in [0.15, 0.2) is 42.5 Å². The van der Waals surface area contributed by atoms with Crippen molar-refractivity contribution in [3.8, 4) is 11.5 Å². The number of benzene rings is 2. The Morgan fingerprint density at radius 2 is 1.44 bits per heavy atom. The number of methoxy groups -OCH3 is 2. The summed E-state index contributed by atoms with van der Waals surface area (Å²) >= 11 is 0. The molecule has 0 spiro atoms. The Labute approximate surface area is 155 Å². The summed E-state index contributed by atoms with van der Waals surface area (Å²) in [5.41, 5.74) is 0.809. The maximum Gasteiger partial charge on any atom is 0.416 e. The normalized spacial score (nSPS) is 20.4. The second-order valence-electron chi connectivity index (χ2n) is 6.45. The molecule has 0 saturated carbocycles. The van der Waals surface area contributed by atoms with Gasteiger partial charge in [0, 0.05) is 24.9 Å². The van der Waals surface area contributed by atoms with E-state index in [-0.39, 0.29) is 24.3 Å². The zero-order valence-electron chi connectivity index (χ0n) is 15.0. The highest BCUT2D eigenvalue weighted by Crippen LogP contribution is 2.36. The first kappa shape index (κ1) is 19.2. The largest absolute Gasteiger partial charge is 0.493 e. The highest BCUT2D eigenvalue weighted by Gasteiger charge is 2.32. The molecule has 0 radical (unpaired) electrons. The number of carbonyl (C=O) groups excluding carboxylic acids is 1. The van der Waals surface area contributed by atoms with Crippen LogP contribution in [-0.4, -0.2) is 20.0 Å². The third-order valence-corrected chi connectivity index (χ3v) is 4.72. The first-order valence-electron chi connectivity index (χ1n) is 8.48. The van der Waals surface area contributed by atoms with Crippen LogP contribution >= 0.6 is 0 Å². The van der Waals surface area contributed by atoms with Crippen LogP contribution in [-0.2, 0) is 11.0 Å². The number of piperidine rings is 1. The average Bonchev–Trinajstić information content (AvgIpc) is 2.66. The number of ketones is 1. The molecule has 0 aromatic heterocycles. The second kappa shape index (κ2) is 7.60. The van der Waals surface area contributed by atoms with Crippen molar-refractivity contribution in [3.63, 3.8) is 0 Å². The van der Waals surface area contributed by atoms with Gasteiger partial charge in [-0.25, -0.2) is 0 Å². The van der Waals surface area contributed by atoms with Gasteiger partial charge in [0.05, 0.1) is 19.8 Å². The zero-order valence-corrected chi connectivity index (χ0v) is 15.0. The molecular weight excluding hydrogens is 359 g/mol. The summed E-state index contributed by atoms with van der Waals surface area (Å²) < 4.78 is 48.8. The maximum absolute atomic E-state index is 12.7. The van der Waals surface area contributed by atoms with Crippen LogP contribution in [0, 0.1) is 0 Å². The second-order valence-corrected chi connectivity index (χ2v) is 6.45. The molecule has 7 heteroatoms. The number of alkyl halides is 3. The maximum atomic E-state index is 12.7. The molecule has 1 aliphatic rings. The molecule has 1 fully saturated rings. The average molecular weight is 379 g/mol. The van der Waals surface area contributed by atoms with Crippen LogP contribution in [0.5, 0.6) is 11.5 Å². The smallest absolute Gasteiger partial charge is 0.416 e. The SMILES string of the molecule is COc1ccc([C@@H]2CC(=O)C[C@H](c3ccc(C(F)(F)F)cc3)N2)cc1OC. The van der Waals surface area contributed by atoms with Gasteiger partial charge in [0.15, 0.2) is 11.5 Å². The summed E-state index contributed by atoms with van der Waals surface area (Å²) in [6.07, 6.45) is -3.82. The number of Topliss-reactive ketones (excluding diaryl/α,β-unsaturated/α-hetero) is 1. The van der Waals surface area contributed by atoms with E-state index in [9.17, 15) is 18.0 Å². The van der Waals surface area contributed by atoms with Crippen LogP contribution < -0.4 is 14.8 Å². The van der Waals surface area contributed by atoms with Crippen LogP contribution in [0.2, 0.25) is 0 Å². The van der Waals surface area contributed by atoms with E-state index in [0.717, 1.165) is 17.7 Å². The number of rotatable bonds is 4. The lowest BCUT2D eigenvalue weighted by Crippen LogP contribution is -2.35. The molecule has 2 aromatic rings. The summed E-state index contributed by atoms with van der Waals surface area (Å²) in [6, 6.07) is 9.76. The molecule has 0 amide bonds. The minimum Gasteiger partial charge on any atom is -0.493 e. The van der Waals surface area contributed by atoms with Crippen molar-refractivity contribution in [1.82, 2.24) is 5.32 Å². The fraction of sp³-hybridized carbons (Fsp3) is 0.350. The van der Waals surface area contributed by atoms with Gasteiger partial charge in [0.1, 0.15) is 5.78 Å². The first-order valence-corrected chi connectivity index (χ1v) is 8.48. The monoisotopic (exact) mass is 379 g/mol. The summed E-state index contributed by atoms with van der Waals surface area (Å²) in [5.74, 6) is 1.20. The lowest BCUT2D eigenvalue weighted by Gasteiger charge is -2.31. The number of hydrogen-bond acceptors (Lipinski definition) is 4. The van der Waals surface area contributed by atoms with Crippen molar-refractivity contribution in [2.24, 2.45) is 0 Å². The number of nitrogens with one attached hydrogen (secondary N) is 1. The first-order chi connectivity index (χ1) is 12.8. The molecule has 27 heavy (non-hydrogen) atoms. The van der Waals surface area contributed by atoms with Crippen molar-refractivity contribution < 1.29 is 27.4 Å². The quantitative estimate of drug-likeness (QED) is 0.852. The molecule has 2 aromatic carbocycles. The summed E-state index contributed by atoms with van der Waals surface area (Å²) in [7, 11) is 3.08. The third-order valence-electron chi connectivity index (χ3n) is 4.72. The Balaban J connectivity index is 1.83. The van der Waals surface area contributed by atoms with Gasteiger partial charge < -0.3 is 14.8 Å². The van der Waals surface area contributed by atoms with Crippen LogP contribution in [0.1, 0.15) is 41.6 Å². The number of ether oxygens (including phenoxy) is 2. The van der Waals surface area contributed by atoms with Crippen molar-refractivity contribution in [2.75, 3.05) is 14.2 Å². The van der Waals surface area contributed by atoms with Gasteiger partial charge in [0.25, 0.3) is 0 Å². The standard InChI is InChI=1S/C20H20F3NO3/c1-26-18-8-5-13(9-19(18)27-2)17-11-15(25)10-16(24-17)12-3-6-14(7-4-12)20(21,22)23/h3-9,16-17,24H,10-11H2,1-2H3/t16-,17+/m1/s1. The number of hydrogen-bond donors (Lipinski definition) is 1. The predicted octanol–water partition coefficient (Wildman–Crippen LogP) is 4.46. The lowest BCUT2D eigenvalue weighted by molar-refractivity contribution is -0.137. The van der Waals surface area contributed by atoms with Gasteiger partial charge in [-0.15, -0.1) is 0 Å². The molecule has 3 rings (SSSR count). The van der Waals surface area contributed by atoms with Crippen molar-refractivity contribution >= 4 is 5.78 Å². The number of carbonyl (C=O) groups is 1. The van der Waals surface area contributed by atoms with Gasteiger partial charge in [-0.2, -0.15) is 13.2 Å². The van der Waals surface area contributed by atoms with Gasteiger partial charge in [-0.05, 0) is 35.4 Å². The van der Waals surface area contributed by atoms with Crippen molar-refractivity contribution in [3.05, 3.63) is 59.2 Å². The van der Waals surface area contributed by atoms with E-state index in [1.165, 1.54) is 19.2 Å². The molecule has 4 nitrogen and oxygen atoms in total. The summed E-state index contributed by atoms with van der Waals surface area (Å²) in [6.45, 7) is 0. The molecule has 0 unspecified atom stereocenters. The van der Waals surface area contributed by atoms with Crippen LogP contribution in [0.4, 0.5) is 13.2 Å². The van der Waals surface area contributed by atoms with Crippen LogP contribution in [0.25, 0.3) is 0 Å². The summed E-state index contributed by atoms with van der Waals surface area (Å²) in [5, 5.41) is 3.36. The summed E-state index contributed by atoms with van der Waals surface area (Å²) in [4.78, 5) is 12.3. The Bertz CT molecular complexity index is 818. The number of halogens is 3. The molecule has 1 aliphatic heterocycles. The lowest BCUT2D eigenvalue weighted by atomic mass is 9.89. The molecule has 1 N–H and O–H groups in total. The van der Waals surface area contributed by atoms with Gasteiger partial charge in [0.2, 0.25) is 0 Å². The third kappa shape index (κ3) is 4.24. The molecule has 2 atom stereocenters. The fourth-order valence-electron chi connectivity index (χ4n) is 3.30. The Hall–Kier alpha value is -2.54. The Morgan fingerprint density at radius 1 is 0.889 bits per heavy atom. The van der Waals surface area contributed by atoms with E-state index < -0.39 is 11.7 Å². The van der Waals surface area contributed by atoms with E-state index in [0.29, 0.717) is 23.5 Å². The van der Waals surface area contributed by atoms with Gasteiger partial charge >= 0.3 is 6.18 Å². The minimum atomic E-state index is -4.38. The highest BCUT2D eigenvalue weighted by molar-refractivity contribution is 5.81. The van der Waals surface area contributed by atoms with E-state index in [1.807, 2.05) is 6.07 Å². The van der Waals surface area contributed by atoms with Crippen molar-refractivity contribution in [1.29, 1.82) is 0 Å². The predicted molar refractivity (Wildman–Crippen MR) is 93.8 cm³/mol. The molecule has 0 bridgehead atoms. The van der Waals surface area contributed by atoms with Gasteiger partial charge in [-0.3, -0.25) is 4.79 Å². The minimum absolute atomic E-state index is 0.0541. The van der Waals surface area contributed by atoms with E-state index in [2.05, 4.69) is 5.32 Å². The zero-order chi connectivity index (χ0) is 19.6. The Morgan fingerprint density at radius 3 is 2.00 bits per heavy atom. The van der Waals surface area contributed by atoms with Crippen molar-refractivity contribution in [2.45, 2.75) is 31.1 Å². The molecular formula is C20H20F3NO3. The molecule has 1 heterocycles. The van der Waals surface area contributed by atoms with E-state index in [1.54, 1.807) is 19.2 Å². The fourth-order valence-corrected chi connectivity index (χ4v) is 3.30. The van der Waals surface area contributed by atoms with Crippen LogP contribution in [0.3, 0.4) is 0 Å². The van der Waals surface area contributed by atoms with Gasteiger partial charge in [-0.1, -0.05) is 18.2 Å². The topological polar surface area (TPSA) is 47.6 Å². The Kier molecular flexibility index (Phi) is 5.41. The highest BCUT2D eigenvalue weighted by atomic mass is 19.4. The molecule has 0 aliphatic carbocycles. The van der Waals surface area contributed by atoms with E-state index >= 15 is 0 Å². The molecule has 1 saturated heterocycles. The van der Waals surface area contributed by atoms with E-state index in [4.69, 9.17) is 9.47 Å². The molecule has 144 valence electrons.